The van der Waals surface area contributed by atoms with Gasteiger partial charge in [-0.1, -0.05) is 45.2 Å². The summed E-state index contributed by atoms with van der Waals surface area (Å²) < 4.78 is 10.5. The van der Waals surface area contributed by atoms with E-state index in [2.05, 4.69) is 5.32 Å². The van der Waals surface area contributed by atoms with Gasteiger partial charge in [0, 0.05) is 18.1 Å². The molecule has 33 heavy (non-hydrogen) atoms. The first-order valence-corrected chi connectivity index (χ1v) is 11.2. The molecule has 9 heteroatoms. The van der Waals surface area contributed by atoms with Crippen molar-refractivity contribution < 1.29 is 23.5 Å². The first-order valence-electron chi connectivity index (χ1n) is 10.0. The number of nitrogens with zero attached hydrogens (tertiary/aromatic N) is 1. The monoisotopic (exact) mass is 494 g/mol. The van der Waals surface area contributed by atoms with Crippen LogP contribution in [-0.2, 0) is 20.1 Å². The number of carbonyl (C=O) groups is 3. The van der Waals surface area contributed by atoms with Gasteiger partial charge in [0.05, 0.1) is 17.9 Å². The van der Waals surface area contributed by atoms with E-state index in [0.29, 0.717) is 17.9 Å². The molecule has 0 saturated carbocycles. The molecule has 1 aromatic carbocycles. The Morgan fingerprint density at radius 2 is 1.94 bits per heavy atom. The van der Waals surface area contributed by atoms with Gasteiger partial charge in [-0.3, -0.25) is 14.4 Å². The molecule has 0 unspecified atom stereocenters. The van der Waals surface area contributed by atoms with Gasteiger partial charge in [-0.15, -0.1) is 0 Å². The number of ketones is 1. The van der Waals surface area contributed by atoms with E-state index in [-0.39, 0.29) is 58.7 Å². The van der Waals surface area contributed by atoms with Crippen molar-refractivity contribution in [3.05, 3.63) is 60.1 Å². The van der Waals surface area contributed by atoms with Gasteiger partial charge in [0.15, 0.2) is 5.78 Å². The Bertz CT molecular complexity index is 892. The normalized spacial score (nSPS) is 19.9. The van der Waals surface area contributed by atoms with Crippen LogP contribution in [0.25, 0.3) is 0 Å². The van der Waals surface area contributed by atoms with E-state index in [4.69, 9.17) is 9.15 Å². The number of ether oxygens (including phenoxy) is 1. The van der Waals surface area contributed by atoms with Crippen molar-refractivity contribution in [1.82, 2.24) is 10.2 Å². The largest absolute Gasteiger partial charge is 0.472 e. The summed E-state index contributed by atoms with van der Waals surface area (Å²) in [4.78, 5) is 39.9. The van der Waals surface area contributed by atoms with Crippen molar-refractivity contribution in [1.29, 1.82) is 0 Å². The number of Topliss-reactive ketones (excluding diaryl/α,β-unsaturated/α-hetero) is 1. The number of carbonyl (C=O) groups excluding carboxylic acids is 3. The van der Waals surface area contributed by atoms with Crippen LogP contribution in [0, 0.1) is 0 Å². The molecule has 4 rings (SSSR count). The van der Waals surface area contributed by atoms with Gasteiger partial charge in [0.25, 0.3) is 5.91 Å². The topological polar surface area (TPSA) is 88.9 Å². The van der Waals surface area contributed by atoms with Crippen molar-refractivity contribution in [2.24, 2.45) is 0 Å². The Morgan fingerprint density at radius 1 is 1.18 bits per heavy atom. The first-order chi connectivity index (χ1) is 14.6. The number of nitrogens with one attached hydrogen (secondary N) is 1. The van der Waals surface area contributed by atoms with Crippen LogP contribution in [0.4, 0.5) is 0 Å². The van der Waals surface area contributed by atoms with E-state index in [0.717, 1.165) is 24.2 Å². The predicted octanol–water partition coefficient (Wildman–Crippen LogP) is 3.66. The van der Waals surface area contributed by atoms with Gasteiger partial charge in [-0.25, -0.2) is 0 Å². The molecule has 2 aromatic rings. The standard InChI is InChI=1S/C22H24N2O5S.2CH4.H2S/c25-18-12-29-19-7-4-9-24(20(18)19)22(27)17(23-21(26)16-8-10-28-11-16)14-30-13-15-5-2-1-3-6-15;;;/h1-3,5-6,8,10-11,17,19-20H,4,7,9,12-14H2,(H,23,26);2*1H4;1H2/t17-,19-,20-;;;/m0.../s1. The smallest absolute Gasteiger partial charge is 0.255 e. The highest BCUT2D eigenvalue weighted by atomic mass is 32.2. The molecule has 1 N–H and O–H groups in total. The molecule has 182 valence electrons. The number of furan rings is 1. The zero-order valence-electron chi connectivity index (χ0n) is 17.0. The fourth-order valence-corrected chi connectivity index (χ4v) is 4.92. The number of fused-ring (bicyclic) bond motifs is 1. The Labute approximate surface area is 207 Å². The van der Waals surface area contributed by atoms with Gasteiger partial charge in [0.1, 0.15) is 25.0 Å². The molecule has 0 aliphatic carbocycles. The zero-order chi connectivity index (χ0) is 20.9. The summed E-state index contributed by atoms with van der Waals surface area (Å²) in [6, 6.07) is 10.2. The van der Waals surface area contributed by atoms with Crippen molar-refractivity contribution in [2.45, 2.75) is 51.6 Å². The average Bonchev–Trinajstić information content (AvgIpc) is 3.44. The number of hydrogen-bond acceptors (Lipinski definition) is 6. The van der Waals surface area contributed by atoms with E-state index in [1.165, 1.54) is 12.5 Å². The number of amides is 2. The number of hydrogen-bond donors (Lipinski definition) is 1. The SMILES string of the molecule is C.C.O=C(N[C@@H](CSCc1ccccc1)C(=O)N1CCC[C@@H]2OCC(=O)[C@@H]21)c1ccoc1.S. The van der Waals surface area contributed by atoms with Gasteiger partial charge < -0.3 is 19.4 Å². The predicted molar refractivity (Wildman–Crippen MR) is 136 cm³/mol. The molecule has 0 spiro atoms. The lowest BCUT2D eigenvalue weighted by molar-refractivity contribution is -0.141. The molecule has 1 aromatic heterocycles. The molecular formula is C24H34N2O5S2. The third kappa shape index (κ3) is 6.88. The van der Waals surface area contributed by atoms with E-state index in [9.17, 15) is 14.4 Å². The minimum Gasteiger partial charge on any atom is -0.472 e. The Morgan fingerprint density at radius 3 is 2.64 bits per heavy atom. The second-order valence-corrected chi connectivity index (χ2v) is 8.50. The summed E-state index contributed by atoms with van der Waals surface area (Å²) in [6.45, 7) is 0.546. The third-order valence-electron chi connectivity index (χ3n) is 5.41. The lowest BCUT2D eigenvalue weighted by atomic mass is 9.97. The summed E-state index contributed by atoms with van der Waals surface area (Å²) in [5.74, 6) is 0.455. The lowest BCUT2D eigenvalue weighted by Gasteiger charge is -2.37. The van der Waals surface area contributed by atoms with Crippen molar-refractivity contribution >= 4 is 42.9 Å². The summed E-state index contributed by atoms with van der Waals surface area (Å²) in [5.41, 5.74) is 1.50. The molecule has 2 aliphatic heterocycles. The van der Waals surface area contributed by atoms with Gasteiger partial charge in [-0.2, -0.15) is 25.3 Å². The second kappa shape index (κ2) is 13.5. The third-order valence-corrected chi connectivity index (χ3v) is 6.52. The van der Waals surface area contributed by atoms with Crippen LogP contribution in [0.15, 0.2) is 53.3 Å². The lowest BCUT2D eigenvalue weighted by Crippen LogP contribution is -2.58. The van der Waals surface area contributed by atoms with E-state index in [1.54, 1.807) is 22.7 Å². The van der Waals surface area contributed by atoms with E-state index in [1.807, 2.05) is 30.3 Å². The molecule has 0 bridgehead atoms. The highest BCUT2D eigenvalue weighted by Crippen LogP contribution is 2.27. The molecule has 3 heterocycles. The maximum absolute atomic E-state index is 13.4. The number of piperidine rings is 1. The fourth-order valence-electron chi connectivity index (χ4n) is 3.92. The summed E-state index contributed by atoms with van der Waals surface area (Å²) in [7, 11) is 0. The number of thioether (sulfide) groups is 1. The molecule has 2 amide bonds. The maximum atomic E-state index is 13.4. The highest BCUT2D eigenvalue weighted by Gasteiger charge is 2.45. The molecule has 7 nitrogen and oxygen atoms in total. The number of rotatable bonds is 7. The van der Waals surface area contributed by atoms with Crippen LogP contribution in [0.5, 0.6) is 0 Å². The minimum atomic E-state index is -0.742. The van der Waals surface area contributed by atoms with Crippen LogP contribution in [0.3, 0.4) is 0 Å². The molecule has 2 fully saturated rings. The summed E-state index contributed by atoms with van der Waals surface area (Å²) >= 11 is 1.57. The summed E-state index contributed by atoms with van der Waals surface area (Å²) in [5, 5.41) is 2.83. The molecule has 3 atom stereocenters. The van der Waals surface area contributed by atoms with E-state index < -0.39 is 12.1 Å². The highest BCUT2D eigenvalue weighted by molar-refractivity contribution is 7.98. The maximum Gasteiger partial charge on any atom is 0.255 e. The van der Waals surface area contributed by atoms with Crippen LogP contribution in [-0.4, -0.2) is 59.6 Å². The van der Waals surface area contributed by atoms with Gasteiger partial charge in [-0.05, 0) is 24.5 Å². The van der Waals surface area contributed by atoms with Gasteiger partial charge in [0.2, 0.25) is 5.91 Å². The number of likely N-dealkylation sites (tertiary alicyclic amines) is 1. The minimum absolute atomic E-state index is 0. The molecular weight excluding hydrogens is 460 g/mol. The van der Waals surface area contributed by atoms with Crippen LogP contribution in [0.1, 0.15) is 43.6 Å². The van der Waals surface area contributed by atoms with Crippen molar-refractivity contribution in [2.75, 3.05) is 18.9 Å². The molecule has 0 radical (unpaired) electrons. The quantitative estimate of drug-likeness (QED) is 0.632. The Balaban J connectivity index is 0.00000181. The van der Waals surface area contributed by atoms with Crippen LogP contribution in [0.2, 0.25) is 0 Å². The first kappa shape index (κ1) is 28.8. The van der Waals surface area contributed by atoms with Gasteiger partial charge >= 0.3 is 0 Å². The van der Waals surface area contributed by atoms with E-state index >= 15 is 0 Å². The number of benzene rings is 1. The van der Waals surface area contributed by atoms with Crippen molar-refractivity contribution in [3.63, 3.8) is 0 Å². The average molecular weight is 495 g/mol. The molecule has 2 saturated heterocycles. The Kier molecular flexibility index (Phi) is 11.8. The fraction of sp³-hybridized carbons (Fsp3) is 0.458. The van der Waals surface area contributed by atoms with Crippen molar-refractivity contribution in [3.8, 4) is 0 Å². The van der Waals surface area contributed by atoms with Crippen LogP contribution < -0.4 is 5.32 Å². The second-order valence-electron chi connectivity index (χ2n) is 7.47. The van der Waals surface area contributed by atoms with Crippen LogP contribution >= 0.6 is 25.3 Å². The zero-order valence-corrected chi connectivity index (χ0v) is 18.8. The summed E-state index contributed by atoms with van der Waals surface area (Å²) in [6.07, 6.45) is 4.07. The Hall–Kier alpha value is -2.23. The molecule has 2 aliphatic rings.